The molecule has 0 aliphatic heterocycles. The normalized spacial score (nSPS) is 10.4. The number of thioether (sulfide) groups is 1. The Morgan fingerprint density at radius 3 is 2.41 bits per heavy atom. The number of ether oxygens (including phenoxy) is 1. The lowest BCUT2D eigenvalue weighted by Gasteiger charge is -2.06. The van der Waals surface area contributed by atoms with Crippen LogP contribution in [0.1, 0.15) is 27.0 Å². The van der Waals surface area contributed by atoms with Crippen LogP contribution >= 0.6 is 23.1 Å². The topological polar surface area (TPSA) is 55.4 Å². The molecule has 27 heavy (non-hydrogen) atoms. The molecule has 0 spiro atoms. The summed E-state index contributed by atoms with van der Waals surface area (Å²) in [5, 5.41) is 2.86. The van der Waals surface area contributed by atoms with Crippen LogP contribution in [0.25, 0.3) is 10.4 Å². The van der Waals surface area contributed by atoms with Gasteiger partial charge in [0.25, 0.3) is 5.91 Å². The summed E-state index contributed by atoms with van der Waals surface area (Å²) in [6.45, 7) is 2.04. The largest absolute Gasteiger partial charge is 0.462 e. The molecule has 1 amide bonds. The highest BCUT2D eigenvalue weighted by Crippen LogP contribution is 2.35. The highest BCUT2D eigenvalue weighted by atomic mass is 32.2. The van der Waals surface area contributed by atoms with Crippen LogP contribution in [0.15, 0.2) is 65.6 Å². The Hall–Kier alpha value is -2.57. The molecule has 0 saturated heterocycles. The summed E-state index contributed by atoms with van der Waals surface area (Å²) in [4.78, 5) is 27.3. The number of esters is 1. The van der Waals surface area contributed by atoms with Crippen molar-refractivity contribution in [3.05, 3.63) is 71.1 Å². The Labute approximate surface area is 166 Å². The van der Waals surface area contributed by atoms with E-state index in [-0.39, 0.29) is 12.5 Å². The molecule has 1 heterocycles. The number of benzene rings is 2. The quantitative estimate of drug-likeness (QED) is 0.437. The molecule has 2 aromatic carbocycles. The summed E-state index contributed by atoms with van der Waals surface area (Å²) in [5.41, 5.74) is 1.99. The molecule has 4 nitrogen and oxygen atoms in total. The lowest BCUT2D eigenvalue weighted by Crippen LogP contribution is -2.14. The van der Waals surface area contributed by atoms with Crippen molar-refractivity contribution >= 4 is 40.7 Å². The van der Waals surface area contributed by atoms with E-state index < -0.39 is 5.97 Å². The number of carbonyl (C=O) groups excluding carboxylic acids is 2. The Balaban J connectivity index is 1.91. The van der Waals surface area contributed by atoms with Gasteiger partial charge in [0.15, 0.2) is 0 Å². The molecule has 3 aromatic rings. The molecule has 0 atom stereocenters. The van der Waals surface area contributed by atoms with E-state index in [1.807, 2.05) is 54.8 Å². The number of rotatable bonds is 6. The predicted octanol–water partition coefficient (Wildman–Crippen LogP) is 5.57. The molecule has 0 fully saturated rings. The first-order valence-electron chi connectivity index (χ1n) is 8.44. The van der Waals surface area contributed by atoms with Gasteiger partial charge in [-0.1, -0.05) is 30.3 Å². The van der Waals surface area contributed by atoms with Crippen molar-refractivity contribution in [1.29, 1.82) is 0 Å². The Morgan fingerprint density at radius 1 is 1.07 bits per heavy atom. The molecule has 138 valence electrons. The number of hydrogen-bond donors (Lipinski definition) is 1. The Bertz CT molecular complexity index is 934. The van der Waals surface area contributed by atoms with Gasteiger partial charge in [0.2, 0.25) is 0 Å². The van der Waals surface area contributed by atoms with Gasteiger partial charge in [-0.3, -0.25) is 4.79 Å². The molecule has 1 N–H and O–H groups in total. The first-order valence-corrected chi connectivity index (χ1v) is 10.5. The zero-order valence-corrected chi connectivity index (χ0v) is 16.7. The van der Waals surface area contributed by atoms with E-state index in [0.717, 1.165) is 15.3 Å². The van der Waals surface area contributed by atoms with Crippen molar-refractivity contribution in [2.45, 2.75) is 11.8 Å². The molecule has 0 bridgehead atoms. The Kier molecular flexibility index (Phi) is 6.32. The van der Waals surface area contributed by atoms with Gasteiger partial charge >= 0.3 is 5.97 Å². The van der Waals surface area contributed by atoms with Crippen molar-refractivity contribution in [2.24, 2.45) is 0 Å². The van der Waals surface area contributed by atoms with Gasteiger partial charge in [-0.25, -0.2) is 4.79 Å². The van der Waals surface area contributed by atoms with Gasteiger partial charge in [-0.05, 0) is 49.1 Å². The van der Waals surface area contributed by atoms with Crippen LogP contribution in [0.4, 0.5) is 5.69 Å². The summed E-state index contributed by atoms with van der Waals surface area (Å²) >= 11 is 2.93. The fraction of sp³-hybridized carbons (Fsp3) is 0.143. The smallest absolute Gasteiger partial charge is 0.350 e. The molecule has 0 aliphatic carbocycles. The molecule has 0 aliphatic rings. The highest BCUT2D eigenvalue weighted by Gasteiger charge is 2.20. The van der Waals surface area contributed by atoms with Gasteiger partial charge in [0.1, 0.15) is 4.88 Å². The molecule has 0 unspecified atom stereocenters. The molecule has 3 rings (SSSR count). The van der Waals surface area contributed by atoms with E-state index in [1.54, 1.807) is 30.8 Å². The maximum absolute atomic E-state index is 12.6. The molecule has 0 radical (unpaired) electrons. The maximum atomic E-state index is 12.6. The van der Waals surface area contributed by atoms with Crippen LogP contribution in [-0.4, -0.2) is 24.7 Å². The highest BCUT2D eigenvalue weighted by molar-refractivity contribution is 7.98. The summed E-state index contributed by atoms with van der Waals surface area (Å²) in [7, 11) is 0. The summed E-state index contributed by atoms with van der Waals surface area (Å²) in [6.07, 6.45) is 1.98. The fourth-order valence-electron chi connectivity index (χ4n) is 2.51. The number of carbonyl (C=O) groups is 2. The monoisotopic (exact) mass is 397 g/mol. The van der Waals surface area contributed by atoms with Crippen molar-refractivity contribution in [3.8, 4) is 10.4 Å². The van der Waals surface area contributed by atoms with E-state index in [2.05, 4.69) is 5.32 Å². The van der Waals surface area contributed by atoms with Crippen LogP contribution in [0.5, 0.6) is 0 Å². The van der Waals surface area contributed by atoms with Gasteiger partial charge in [-0.15, -0.1) is 23.1 Å². The zero-order chi connectivity index (χ0) is 19.2. The number of nitrogens with one attached hydrogen (secondary N) is 1. The molecule has 6 heteroatoms. The molecule has 0 saturated carbocycles. The second kappa shape index (κ2) is 8.88. The van der Waals surface area contributed by atoms with E-state index in [9.17, 15) is 9.59 Å². The molecular formula is C21H19NO3S2. The summed E-state index contributed by atoms with van der Waals surface area (Å²) in [5.74, 6) is -0.691. The van der Waals surface area contributed by atoms with Crippen molar-refractivity contribution in [1.82, 2.24) is 0 Å². The van der Waals surface area contributed by atoms with Crippen LogP contribution in [0.3, 0.4) is 0 Å². The second-order valence-electron chi connectivity index (χ2n) is 5.62. The standard InChI is InChI=1S/C21H19NO3S2/c1-3-25-21(24)19-17(13-18(27-19)14-7-5-4-6-8-14)22-20(23)15-9-11-16(26-2)12-10-15/h4-13H,3H2,1-2H3,(H,22,23). The van der Waals surface area contributed by atoms with Crippen LogP contribution in [0, 0.1) is 0 Å². The third-order valence-corrected chi connectivity index (χ3v) is 5.76. The van der Waals surface area contributed by atoms with E-state index in [0.29, 0.717) is 16.1 Å². The lowest BCUT2D eigenvalue weighted by atomic mass is 10.2. The minimum atomic E-state index is -0.433. The minimum Gasteiger partial charge on any atom is -0.462 e. The Morgan fingerprint density at radius 2 is 1.78 bits per heavy atom. The first-order chi connectivity index (χ1) is 13.1. The summed E-state index contributed by atoms with van der Waals surface area (Å²) < 4.78 is 5.15. The number of anilines is 1. The van der Waals surface area contributed by atoms with Gasteiger partial charge in [0, 0.05) is 15.3 Å². The van der Waals surface area contributed by atoms with Crippen LogP contribution in [-0.2, 0) is 4.74 Å². The first kappa shape index (κ1) is 19.2. The fourth-order valence-corrected chi connectivity index (χ4v) is 3.93. The number of hydrogen-bond acceptors (Lipinski definition) is 5. The van der Waals surface area contributed by atoms with E-state index >= 15 is 0 Å². The lowest BCUT2D eigenvalue weighted by molar-refractivity contribution is 0.0533. The zero-order valence-electron chi connectivity index (χ0n) is 15.0. The van der Waals surface area contributed by atoms with E-state index in [1.165, 1.54) is 11.3 Å². The predicted molar refractivity (Wildman–Crippen MR) is 112 cm³/mol. The summed E-state index contributed by atoms with van der Waals surface area (Å²) in [6, 6.07) is 18.9. The van der Waals surface area contributed by atoms with Gasteiger partial charge in [0.05, 0.1) is 12.3 Å². The third kappa shape index (κ3) is 4.59. The number of thiophene rings is 1. The second-order valence-corrected chi connectivity index (χ2v) is 7.55. The van der Waals surface area contributed by atoms with Crippen LogP contribution < -0.4 is 5.32 Å². The minimum absolute atomic E-state index is 0.259. The molecule has 1 aromatic heterocycles. The van der Waals surface area contributed by atoms with Crippen molar-refractivity contribution < 1.29 is 14.3 Å². The van der Waals surface area contributed by atoms with Crippen molar-refractivity contribution in [3.63, 3.8) is 0 Å². The van der Waals surface area contributed by atoms with Crippen LogP contribution in [0.2, 0.25) is 0 Å². The van der Waals surface area contributed by atoms with Gasteiger partial charge in [-0.2, -0.15) is 0 Å². The van der Waals surface area contributed by atoms with E-state index in [4.69, 9.17) is 4.74 Å². The average molecular weight is 398 g/mol. The average Bonchev–Trinajstić information content (AvgIpc) is 3.13. The third-order valence-electron chi connectivity index (χ3n) is 3.85. The maximum Gasteiger partial charge on any atom is 0.350 e. The SMILES string of the molecule is CCOC(=O)c1sc(-c2ccccc2)cc1NC(=O)c1ccc(SC)cc1. The molecular weight excluding hydrogens is 378 g/mol. The van der Waals surface area contributed by atoms with Crippen molar-refractivity contribution in [2.75, 3.05) is 18.2 Å². The number of amides is 1. The van der Waals surface area contributed by atoms with Gasteiger partial charge < -0.3 is 10.1 Å².